The highest BCUT2D eigenvalue weighted by atomic mass is 32.1. The van der Waals surface area contributed by atoms with Crippen LogP contribution in [-0.2, 0) is 6.54 Å². The van der Waals surface area contributed by atoms with E-state index in [9.17, 15) is 9.59 Å². The standard InChI is InChI=1S/C16H15N5O2S/c22-15-16(23)21(12-2-1-3-12)8-7-20(15)10-11-4-5-13(19-18-11)14-17-6-9-24-14/h4-9,12H,1-3,10H2. The lowest BCUT2D eigenvalue weighted by atomic mass is 9.93. The third kappa shape index (κ3) is 2.69. The first-order chi connectivity index (χ1) is 11.7. The Morgan fingerprint density at radius 3 is 2.62 bits per heavy atom. The van der Waals surface area contributed by atoms with Crippen LogP contribution in [0.4, 0.5) is 0 Å². The highest BCUT2D eigenvalue weighted by Gasteiger charge is 2.21. The van der Waals surface area contributed by atoms with Crippen LogP contribution in [0, 0.1) is 0 Å². The van der Waals surface area contributed by atoms with E-state index in [0.717, 1.165) is 24.3 Å². The van der Waals surface area contributed by atoms with Crippen LogP contribution in [0.1, 0.15) is 31.0 Å². The molecule has 0 saturated heterocycles. The fourth-order valence-corrected chi connectivity index (χ4v) is 3.28. The van der Waals surface area contributed by atoms with E-state index in [1.807, 2.05) is 11.4 Å². The SMILES string of the molecule is O=c1c(=O)n(C2CCC2)ccn1Cc1ccc(-c2nccs2)nn1. The number of rotatable bonds is 4. The van der Waals surface area contributed by atoms with E-state index < -0.39 is 11.1 Å². The van der Waals surface area contributed by atoms with E-state index in [2.05, 4.69) is 15.2 Å². The molecule has 0 spiro atoms. The molecule has 0 unspecified atom stereocenters. The number of aromatic nitrogens is 5. The lowest BCUT2D eigenvalue weighted by molar-refractivity contribution is 0.303. The van der Waals surface area contributed by atoms with Crippen molar-refractivity contribution in [3.8, 4) is 10.7 Å². The highest BCUT2D eigenvalue weighted by molar-refractivity contribution is 7.13. The minimum absolute atomic E-state index is 0.178. The largest absolute Gasteiger partial charge is 0.316 e. The van der Waals surface area contributed by atoms with Crippen molar-refractivity contribution in [2.24, 2.45) is 0 Å². The van der Waals surface area contributed by atoms with Crippen molar-refractivity contribution in [1.29, 1.82) is 0 Å². The van der Waals surface area contributed by atoms with Crippen LogP contribution < -0.4 is 11.1 Å². The average Bonchev–Trinajstić information content (AvgIpc) is 3.08. The smallest absolute Gasteiger partial charge is 0.306 e. The van der Waals surface area contributed by atoms with E-state index in [-0.39, 0.29) is 12.6 Å². The van der Waals surface area contributed by atoms with Gasteiger partial charge in [-0.25, -0.2) is 4.98 Å². The molecular weight excluding hydrogens is 326 g/mol. The quantitative estimate of drug-likeness (QED) is 0.675. The molecule has 4 rings (SSSR count). The van der Waals surface area contributed by atoms with Crippen LogP contribution in [0.5, 0.6) is 0 Å². The Hall–Kier alpha value is -2.61. The van der Waals surface area contributed by atoms with Crippen molar-refractivity contribution < 1.29 is 0 Å². The van der Waals surface area contributed by atoms with Gasteiger partial charge >= 0.3 is 11.1 Å². The number of hydrogen-bond acceptors (Lipinski definition) is 6. The van der Waals surface area contributed by atoms with Crippen molar-refractivity contribution >= 4 is 11.3 Å². The molecule has 0 bridgehead atoms. The van der Waals surface area contributed by atoms with Crippen LogP contribution in [0.25, 0.3) is 10.7 Å². The zero-order chi connectivity index (χ0) is 16.5. The van der Waals surface area contributed by atoms with Crippen LogP contribution in [0.3, 0.4) is 0 Å². The summed E-state index contributed by atoms with van der Waals surface area (Å²) >= 11 is 1.49. The summed E-state index contributed by atoms with van der Waals surface area (Å²) in [6, 6.07) is 3.80. The molecule has 0 amide bonds. The topological polar surface area (TPSA) is 82.7 Å². The van der Waals surface area contributed by atoms with E-state index in [1.165, 1.54) is 15.9 Å². The van der Waals surface area contributed by atoms with Gasteiger partial charge in [-0.3, -0.25) is 9.59 Å². The molecule has 122 valence electrons. The average molecular weight is 341 g/mol. The summed E-state index contributed by atoms with van der Waals surface area (Å²) < 4.78 is 2.93. The van der Waals surface area contributed by atoms with Crippen LogP contribution in [0.15, 0.2) is 45.7 Å². The maximum atomic E-state index is 12.3. The van der Waals surface area contributed by atoms with Gasteiger partial charge in [-0.15, -0.1) is 16.4 Å². The van der Waals surface area contributed by atoms with Crippen molar-refractivity contribution in [1.82, 2.24) is 24.3 Å². The molecule has 1 aliphatic carbocycles. The Labute approximate surface area is 141 Å². The van der Waals surface area contributed by atoms with Gasteiger partial charge in [-0.05, 0) is 31.4 Å². The third-order valence-electron chi connectivity index (χ3n) is 4.26. The summed E-state index contributed by atoms with van der Waals surface area (Å²) in [5.74, 6) is 0. The van der Waals surface area contributed by atoms with Gasteiger partial charge in [-0.1, -0.05) is 0 Å². The molecule has 1 aliphatic rings. The van der Waals surface area contributed by atoms with Gasteiger partial charge in [-0.2, -0.15) is 5.10 Å². The van der Waals surface area contributed by atoms with Gasteiger partial charge in [0, 0.05) is 30.0 Å². The van der Waals surface area contributed by atoms with Gasteiger partial charge in [0.25, 0.3) is 0 Å². The molecule has 1 fully saturated rings. The lowest BCUT2D eigenvalue weighted by Crippen LogP contribution is -2.43. The molecule has 7 nitrogen and oxygen atoms in total. The van der Waals surface area contributed by atoms with E-state index in [0.29, 0.717) is 11.4 Å². The third-order valence-corrected chi connectivity index (χ3v) is 5.05. The molecule has 0 atom stereocenters. The summed E-state index contributed by atoms with van der Waals surface area (Å²) in [5.41, 5.74) is 0.337. The van der Waals surface area contributed by atoms with E-state index in [1.54, 1.807) is 29.2 Å². The molecule has 3 aromatic heterocycles. The molecule has 3 aromatic rings. The molecule has 0 aromatic carbocycles. The van der Waals surface area contributed by atoms with Crippen molar-refractivity contribution in [3.63, 3.8) is 0 Å². The van der Waals surface area contributed by atoms with Crippen molar-refractivity contribution in [2.75, 3.05) is 0 Å². The molecule has 24 heavy (non-hydrogen) atoms. The summed E-state index contributed by atoms with van der Waals surface area (Å²) in [5, 5.41) is 10.9. The first kappa shape index (κ1) is 14.9. The molecular formula is C16H15N5O2S. The Bertz CT molecular complexity index is 955. The lowest BCUT2D eigenvalue weighted by Gasteiger charge is -2.27. The van der Waals surface area contributed by atoms with Gasteiger partial charge in [0.1, 0.15) is 10.7 Å². The normalized spacial score (nSPS) is 14.5. The van der Waals surface area contributed by atoms with Crippen molar-refractivity contribution in [2.45, 2.75) is 31.8 Å². The second kappa shape index (κ2) is 6.12. The second-order valence-corrected chi connectivity index (χ2v) is 6.67. The van der Waals surface area contributed by atoms with Crippen LogP contribution in [0.2, 0.25) is 0 Å². The Kier molecular flexibility index (Phi) is 3.81. The van der Waals surface area contributed by atoms with E-state index >= 15 is 0 Å². The highest BCUT2D eigenvalue weighted by Crippen LogP contribution is 2.29. The molecule has 3 heterocycles. The molecule has 8 heteroatoms. The Morgan fingerprint density at radius 2 is 2.00 bits per heavy atom. The molecule has 0 aliphatic heterocycles. The number of hydrogen-bond donors (Lipinski definition) is 0. The van der Waals surface area contributed by atoms with Gasteiger partial charge < -0.3 is 9.13 Å². The fourth-order valence-electron chi connectivity index (χ4n) is 2.68. The maximum absolute atomic E-state index is 12.3. The number of thiazole rings is 1. The predicted molar refractivity (Wildman–Crippen MR) is 90.1 cm³/mol. The number of nitrogens with zero attached hydrogens (tertiary/aromatic N) is 5. The summed E-state index contributed by atoms with van der Waals surface area (Å²) in [7, 11) is 0. The van der Waals surface area contributed by atoms with Gasteiger partial charge in [0.2, 0.25) is 0 Å². The fraction of sp³-hybridized carbons (Fsp3) is 0.312. The zero-order valence-electron chi connectivity index (χ0n) is 12.8. The van der Waals surface area contributed by atoms with Gasteiger partial charge in [0.05, 0.1) is 12.2 Å². The van der Waals surface area contributed by atoms with Crippen LogP contribution in [-0.4, -0.2) is 24.3 Å². The Balaban J connectivity index is 1.58. The molecule has 1 saturated carbocycles. The molecule has 0 radical (unpaired) electrons. The van der Waals surface area contributed by atoms with E-state index in [4.69, 9.17) is 0 Å². The predicted octanol–water partition coefficient (Wildman–Crippen LogP) is 1.70. The summed E-state index contributed by atoms with van der Waals surface area (Å²) in [4.78, 5) is 28.7. The summed E-state index contributed by atoms with van der Waals surface area (Å²) in [6.07, 6.45) is 8.11. The monoisotopic (exact) mass is 341 g/mol. The Morgan fingerprint density at radius 1 is 1.12 bits per heavy atom. The zero-order valence-corrected chi connectivity index (χ0v) is 13.6. The first-order valence-electron chi connectivity index (χ1n) is 7.76. The minimum Gasteiger partial charge on any atom is -0.306 e. The molecule has 0 N–H and O–H groups in total. The maximum Gasteiger partial charge on any atom is 0.316 e. The van der Waals surface area contributed by atoms with Crippen LogP contribution >= 0.6 is 11.3 Å². The minimum atomic E-state index is -0.518. The first-order valence-corrected chi connectivity index (χ1v) is 8.64. The summed E-state index contributed by atoms with van der Waals surface area (Å²) in [6.45, 7) is 0.227. The van der Waals surface area contributed by atoms with Crippen molar-refractivity contribution in [3.05, 3.63) is 62.5 Å². The second-order valence-electron chi connectivity index (χ2n) is 5.78. The van der Waals surface area contributed by atoms with Gasteiger partial charge in [0.15, 0.2) is 0 Å².